The number of nitrogens with one attached hydrogen (secondary N) is 1. The maximum Gasteiger partial charge on any atom is 0.275 e. The maximum absolute atomic E-state index is 12.2. The topological polar surface area (TPSA) is 59.9 Å². The number of hydrogen-bond donors (Lipinski definition) is 1. The highest BCUT2D eigenvalue weighted by molar-refractivity contribution is 6.14. The zero-order chi connectivity index (χ0) is 18.5. The summed E-state index contributed by atoms with van der Waals surface area (Å²) < 4.78 is 11.0. The van der Waals surface area contributed by atoms with Gasteiger partial charge in [0.05, 0.1) is 7.11 Å². The van der Waals surface area contributed by atoms with Crippen LogP contribution in [0.2, 0.25) is 0 Å². The molecular weight excluding hydrogens is 328 g/mol. The summed E-state index contributed by atoms with van der Waals surface area (Å²) in [5, 5.41) is 2.75. The third-order valence-corrected chi connectivity index (χ3v) is 4.04. The van der Waals surface area contributed by atoms with Gasteiger partial charge in [-0.3, -0.25) is 4.79 Å². The van der Waals surface area contributed by atoms with Gasteiger partial charge in [0.1, 0.15) is 29.6 Å². The van der Waals surface area contributed by atoms with Gasteiger partial charge in [-0.1, -0.05) is 38.1 Å². The van der Waals surface area contributed by atoms with E-state index >= 15 is 0 Å². The second kappa shape index (κ2) is 7.87. The SMILES string of the molecule is COc1ccc(/C=C2/N=C(COc3ccccc3)NC2=O)cc1C(C)C. The maximum atomic E-state index is 12.2. The molecular formula is C21H22N2O3. The lowest BCUT2D eigenvalue weighted by atomic mass is 9.99. The van der Waals surface area contributed by atoms with Crippen molar-refractivity contribution in [1.82, 2.24) is 5.32 Å². The summed E-state index contributed by atoms with van der Waals surface area (Å²) in [7, 11) is 1.66. The Morgan fingerprint density at radius 3 is 2.62 bits per heavy atom. The highest BCUT2D eigenvalue weighted by atomic mass is 16.5. The normalized spacial score (nSPS) is 15.2. The van der Waals surface area contributed by atoms with Crippen molar-refractivity contribution in [3.63, 3.8) is 0 Å². The van der Waals surface area contributed by atoms with Crippen LogP contribution in [0.25, 0.3) is 6.08 Å². The van der Waals surface area contributed by atoms with Crippen LogP contribution in [-0.2, 0) is 4.79 Å². The van der Waals surface area contributed by atoms with Crippen LogP contribution < -0.4 is 14.8 Å². The molecule has 0 unspecified atom stereocenters. The Kier molecular flexibility index (Phi) is 5.37. The zero-order valence-electron chi connectivity index (χ0n) is 15.2. The lowest BCUT2D eigenvalue weighted by Gasteiger charge is -2.12. The van der Waals surface area contributed by atoms with Crippen LogP contribution >= 0.6 is 0 Å². The molecule has 0 saturated heterocycles. The fourth-order valence-electron chi connectivity index (χ4n) is 2.71. The minimum atomic E-state index is -0.224. The molecule has 0 spiro atoms. The fourth-order valence-corrected chi connectivity index (χ4v) is 2.71. The molecule has 0 aromatic heterocycles. The first-order chi connectivity index (χ1) is 12.6. The van der Waals surface area contributed by atoms with Gasteiger partial charge < -0.3 is 14.8 Å². The first-order valence-electron chi connectivity index (χ1n) is 8.53. The van der Waals surface area contributed by atoms with Crippen molar-refractivity contribution in [2.24, 2.45) is 4.99 Å². The molecule has 0 saturated carbocycles. The van der Waals surface area contributed by atoms with Gasteiger partial charge in [-0.2, -0.15) is 0 Å². The Labute approximate surface area is 153 Å². The van der Waals surface area contributed by atoms with Crippen LogP contribution in [0, 0.1) is 0 Å². The number of hydrogen-bond acceptors (Lipinski definition) is 4. The first-order valence-corrected chi connectivity index (χ1v) is 8.53. The van der Waals surface area contributed by atoms with Crippen LogP contribution in [0.5, 0.6) is 11.5 Å². The number of ether oxygens (including phenoxy) is 2. The molecule has 1 aliphatic rings. The molecule has 134 valence electrons. The number of carbonyl (C=O) groups excluding carboxylic acids is 1. The number of para-hydroxylation sites is 1. The quantitative estimate of drug-likeness (QED) is 0.807. The van der Waals surface area contributed by atoms with Crippen molar-refractivity contribution in [1.29, 1.82) is 0 Å². The molecule has 0 atom stereocenters. The van der Waals surface area contributed by atoms with Gasteiger partial charge in [-0.25, -0.2) is 4.99 Å². The van der Waals surface area contributed by atoms with E-state index in [-0.39, 0.29) is 12.5 Å². The lowest BCUT2D eigenvalue weighted by Crippen LogP contribution is -2.28. The smallest absolute Gasteiger partial charge is 0.275 e. The fraction of sp³-hybridized carbons (Fsp3) is 0.238. The van der Waals surface area contributed by atoms with Crippen molar-refractivity contribution in [2.45, 2.75) is 19.8 Å². The summed E-state index contributed by atoms with van der Waals surface area (Å²) in [5.74, 6) is 2.18. The van der Waals surface area contributed by atoms with Gasteiger partial charge >= 0.3 is 0 Å². The molecule has 0 bridgehead atoms. The molecule has 0 radical (unpaired) electrons. The largest absolute Gasteiger partial charge is 0.496 e. The highest BCUT2D eigenvalue weighted by Crippen LogP contribution is 2.28. The second-order valence-corrected chi connectivity index (χ2v) is 6.30. The van der Waals surface area contributed by atoms with Gasteiger partial charge in [-0.15, -0.1) is 0 Å². The molecule has 2 aromatic rings. The van der Waals surface area contributed by atoms with Crippen molar-refractivity contribution >= 4 is 17.8 Å². The molecule has 1 amide bonds. The van der Waals surface area contributed by atoms with Gasteiger partial charge in [0.25, 0.3) is 5.91 Å². The summed E-state index contributed by atoms with van der Waals surface area (Å²) in [4.78, 5) is 16.5. The first kappa shape index (κ1) is 17.7. The number of methoxy groups -OCH3 is 1. The van der Waals surface area contributed by atoms with E-state index in [9.17, 15) is 4.79 Å². The van der Waals surface area contributed by atoms with E-state index in [0.717, 1.165) is 22.6 Å². The Hall–Kier alpha value is -3.08. The lowest BCUT2D eigenvalue weighted by molar-refractivity contribution is -0.115. The third-order valence-electron chi connectivity index (χ3n) is 4.04. The van der Waals surface area contributed by atoms with Gasteiger partial charge in [0.15, 0.2) is 0 Å². The van der Waals surface area contributed by atoms with Crippen LogP contribution in [-0.4, -0.2) is 25.5 Å². The Morgan fingerprint density at radius 1 is 1.15 bits per heavy atom. The number of amidine groups is 1. The number of rotatable bonds is 6. The molecule has 0 fully saturated rings. The van der Waals surface area contributed by atoms with E-state index in [1.54, 1.807) is 13.2 Å². The van der Waals surface area contributed by atoms with E-state index in [1.807, 2.05) is 48.5 Å². The van der Waals surface area contributed by atoms with Crippen LogP contribution in [0.4, 0.5) is 0 Å². The number of nitrogens with zero attached hydrogens (tertiary/aromatic N) is 1. The van der Waals surface area contributed by atoms with Crippen molar-refractivity contribution in [3.05, 3.63) is 65.4 Å². The number of benzene rings is 2. The van der Waals surface area contributed by atoms with E-state index in [0.29, 0.717) is 17.5 Å². The zero-order valence-corrected chi connectivity index (χ0v) is 15.2. The molecule has 1 heterocycles. The van der Waals surface area contributed by atoms with E-state index < -0.39 is 0 Å². The van der Waals surface area contributed by atoms with Gasteiger partial charge in [0.2, 0.25) is 0 Å². The van der Waals surface area contributed by atoms with Crippen LogP contribution in [0.1, 0.15) is 30.9 Å². The van der Waals surface area contributed by atoms with E-state index in [2.05, 4.69) is 24.2 Å². The molecule has 3 rings (SSSR count). The third kappa shape index (κ3) is 4.11. The summed E-state index contributed by atoms with van der Waals surface area (Å²) in [6.07, 6.45) is 1.77. The molecule has 2 aromatic carbocycles. The minimum Gasteiger partial charge on any atom is -0.496 e. The molecule has 0 aliphatic carbocycles. The average molecular weight is 350 g/mol. The Morgan fingerprint density at radius 2 is 1.92 bits per heavy atom. The molecule has 26 heavy (non-hydrogen) atoms. The van der Waals surface area contributed by atoms with Crippen molar-refractivity contribution in [3.8, 4) is 11.5 Å². The molecule has 1 N–H and O–H groups in total. The van der Waals surface area contributed by atoms with E-state index in [1.165, 1.54) is 0 Å². The number of aliphatic imine (C=N–C) groups is 1. The predicted molar refractivity (Wildman–Crippen MR) is 103 cm³/mol. The second-order valence-electron chi connectivity index (χ2n) is 6.30. The molecule has 5 nitrogen and oxygen atoms in total. The summed E-state index contributed by atoms with van der Waals surface area (Å²) in [6.45, 7) is 4.43. The van der Waals surface area contributed by atoms with E-state index in [4.69, 9.17) is 9.47 Å². The number of carbonyl (C=O) groups is 1. The molecule has 1 aliphatic heterocycles. The Bertz CT molecular complexity index is 855. The summed E-state index contributed by atoms with van der Waals surface area (Å²) in [5.41, 5.74) is 2.38. The van der Waals surface area contributed by atoms with Crippen molar-refractivity contribution < 1.29 is 14.3 Å². The average Bonchev–Trinajstić information content (AvgIpc) is 3.00. The summed E-state index contributed by atoms with van der Waals surface area (Å²) in [6, 6.07) is 15.3. The standard InChI is InChI=1S/C21H22N2O3/c1-14(2)17-11-15(9-10-19(17)25-3)12-18-21(24)23-20(22-18)13-26-16-7-5-4-6-8-16/h4-12,14H,13H2,1-3H3,(H,22,23,24)/b18-12+. The van der Waals surface area contributed by atoms with Crippen LogP contribution in [0.3, 0.4) is 0 Å². The Balaban J connectivity index is 1.77. The molecule has 5 heteroatoms. The minimum absolute atomic E-state index is 0.215. The van der Waals surface area contributed by atoms with Gasteiger partial charge in [-0.05, 0) is 47.4 Å². The highest BCUT2D eigenvalue weighted by Gasteiger charge is 2.20. The van der Waals surface area contributed by atoms with Gasteiger partial charge in [0, 0.05) is 0 Å². The van der Waals surface area contributed by atoms with Crippen LogP contribution in [0.15, 0.2) is 59.2 Å². The monoisotopic (exact) mass is 350 g/mol. The summed E-state index contributed by atoms with van der Waals surface area (Å²) >= 11 is 0. The number of amides is 1. The predicted octanol–water partition coefficient (Wildman–Crippen LogP) is 3.77. The van der Waals surface area contributed by atoms with Crippen molar-refractivity contribution in [2.75, 3.05) is 13.7 Å².